The minimum absolute atomic E-state index is 0.0674. The lowest BCUT2D eigenvalue weighted by Gasteiger charge is -2.27. The highest BCUT2D eigenvalue weighted by atomic mass is 19.4. The van der Waals surface area contributed by atoms with E-state index in [9.17, 15) is 13.2 Å². The SMILES string of the molecule is CC(CNc1cc(N2CCOCC2)ncn1)Cn1cc(C(F)(F)F)cn1. The van der Waals surface area contributed by atoms with E-state index in [0.717, 1.165) is 31.3 Å². The number of hydrogen-bond acceptors (Lipinski definition) is 6. The summed E-state index contributed by atoms with van der Waals surface area (Å²) in [5.74, 6) is 1.59. The highest BCUT2D eigenvalue weighted by Crippen LogP contribution is 2.28. The van der Waals surface area contributed by atoms with Crippen molar-refractivity contribution in [2.75, 3.05) is 43.1 Å². The van der Waals surface area contributed by atoms with Gasteiger partial charge in [0.25, 0.3) is 0 Å². The van der Waals surface area contributed by atoms with Crippen LogP contribution in [0.1, 0.15) is 12.5 Å². The number of ether oxygens (including phenoxy) is 1. The molecule has 1 atom stereocenters. The Kier molecular flexibility index (Phi) is 5.60. The Balaban J connectivity index is 1.52. The number of nitrogens with zero attached hydrogens (tertiary/aromatic N) is 5. The van der Waals surface area contributed by atoms with Crippen LogP contribution < -0.4 is 10.2 Å². The number of morpholine rings is 1. The van der Waals surface area contributed by atoms with E-state index in [2.05, 4.69) is 25.3 Å². The molecule has 0 radical (unpaired) electrons. The van der Waals surface area contributed by atoms with Crippen LogP contribution in [0.3, 0.4) is 0 Å². The molecule has 0 aromatic carbocycles. The maximum atomic E-state index is 12.6. The zero-order valence-corrected chi connectivity index (χ0v) is 14.4. The van der Waals surface area contributed by atoms with E-state index in [1.165, 1.54) is 11.0 Å². The predicted octanol–water partition coefficient (Wildman–Crippen LogP) is 2.28. The van der Waals surface area contributed by atoms with Gasteiger partial charge in [-0.15, -0.1) is 0 Å². The fraction of sp³-hybridized carbons (Fsp3) is 0.562. The van der Waals surface area contributed by atoms with Gasteiger partial charge in [0.1, 0.15) is 18.0 Å². The lowest BCUT2D eigenvalue weighted by atomic mass is 10.2. The van der Waals surface area contributed by atoms with E-state index in [1.807, 2.05) is 13.0 Å². The monoisotopic (exact) mass is 370 g/mol. The second-order valence-corrected chi connectivity index (χ2v) is 6.30. The molecule has 1 unspecified atom stereocenters. The average molecular weight is 370 g/mol. The molecule has 10 heteroatoms. The number of rotatable bonds is 6. The maximum absolute atomic E-state index is 12.6. The standard InChI is InChI=1S/C16H21F3N6O/c1-12(9-25-10-13(8-23-25)16(17,18)19)7-20-14-6-15(22-11-21-14)24-2-4-26-5-3-24/h6,8,10-12H,2-5,7,9H2,1H3,(H,20,21,22). The van der Waals surface area contributed by atoms with Crippen molar-refractivity contribution < 1.29 is 17.9 Å². The first-order valence-electron chi connectivity index (χ1n) is 8.40. The molecule has 0 saturated carbocycles. The molecule has 1 aliphatic heterocycles. The highest BCUT2D eigenvalue weighted by Gasteiger charge is 2.32. The van der Waals surface area contributed by atoms with Crippen molar-refractivity contribution in [1.82, 2.24) is 19.7 Å². The first-order valence-corrected chi connectivity index (χ1v) is 8.40. The summed E-state index contributed by atoms with van der Waals surface area (Å²) in [5, 5.41) is 6.99. The van der Waals surface area contributed by atoms with Gasteiger partial charge in [-0.1, -0.05) is 6.92 Å². The molecule has 1 N–H and O–H groups in total. The van der Waals surface area contributed by atoms with E-state index in [1.54, 1.807) is 0 Å². The summed E-state index contributed by atoms with van der Waals surface area (Å²) in [5.41, 5.74) is -0.733. The molecule has 2 aromatic rings. The Bertz CT molecular complexity index is 714. The molecule has 1 saturated heterocycles. The summed E-state index contributed by atoms with van der Waals surface area (Å²) < 4.78 is 44.5. The van der Waals surface area contributed by atoms with Gasteiger partial charge in [-0.2, -0.15) is 18.3 Å². The average Bonchev–Trinajstić information content (AvgIpc) is 3.10. The van der Waals surface area contributed by atoms with Gasteiger partial charge in [-0.05, 0) is 5.92 Å². The Morgan fingerprint density at radius 1 is 1.27 bits per heavy atom. The molecular formula is C16H21F3N6O. The molecule has 3 heterocycles. The van der Waals surface area contributed by atoms with Crippen LogP contribution in [0.15, 0.2) is 24.8 Å². The Hall–Kier alpha value is -2.36. The van der Waals surface area contributed by atoms with Crippen LogP contribution >= 0.6 is 0 Å². The number of hydrogen-bond donors (Lipinski definition) is 1. The third kappa shape index (κ3) is 4.84. The largest absolute Gasteiger partial charge is 0.419 e. The van der Waals surface area contributed by atoms with E-state index in [4.69, 9.17) is 4.74 Å². The summed E-state index contributed by atoms with van der Waals surface area (Å²) in [6, 6.07) is 1.87. The van der Waals surface area contributed by atoms with E-state index < -0.39 is 11.7 Å². The number of aromatic nitrogens is 4. The van der Waals surface area contributed by atoms with Crippen molar-refractivity contribution in [3.8, 4) is 0 Å². The number of anilines is 2. The molecule has 3 rings (SSSR count). The summed E-state index contributed by atoms with van der Waals surface area (Å²) in [6.07, 6.45) is -0.992. The first kappa shape index (κ1) is 18.4. The minimum atomic E-state index is -4.36. The van der Waals surface area contributed by atoms with Gasteiger partial charge in [0.2, 0.25) is 0 Å². The van der Waals surface area contributed by atoms with Crippen LogP contribution in [0.5, 0.6) is 0 Å². The smallest absolute Gasteiger partial charge is 0.378 e. The van der Waals surface area contributed by atoms with Crippen LogP contribution in [0.2, 0.25) is 0 Å². The summed E-state index contributed by atoms with van der Waals surface area (Å²) >= 11 is 0. The van der Waals surface area contributed by atoms with E-state index >= 15 is 0 Å². The van der Waals surface area contributed by atoms with Crippen molar-refractivity contribution in [1.29, 1.82) is 0 Å². The van der Waals surface area contributed by atoms with Crippen LogP contribution in [0, 0.1) is 5.92 Å². The Labute approximate surface area is 149 Å². The maximum Gasteiger partial charge on any atom is 0.419 e. The Morgan fingerprint density at radius 2 is 2.04 bits per heavy atom. The molecule has 1 aliphatic rings. The van der Waals surface area contributed by atoms with Gasteiger partial charge < -0.3 is 15.0 Å². The number of alkyl halides is 3. The van der Waals surface area contributed by atoms with Gasteiger partial charge >= 0.3 is 6.18 Å². The summed E-state index contributed by atoms with van der Waals surface area (Å²) in [7, 11) is 0. The molecule has 142 valence electrons. The lowest BCUT2D eigenvalue weighted by Crippen LogP contribution is -2.36. The van der Waals surface area contributed by atoms with Crippen molar-refractivity contribution in [2.24, 2.45) is 5.92 Å². The third-order valence-corrected chi connectivity index (χ3v) is 4.08. The molecule has 0 bridgehead atoms. The van der Waals surface area contributed by atoms with Crippen molar-refractivity contribution in [3.63, 3.8) is 0 Å². The van der Waals surface area contributed by atoms with Gasteiger partial charge in [0.15, 0.2) is 0 Å². The second kappa shape index (κ2) is 7.90. The molecule has 2 aromatic heterocycles. The zero-order chi connectivity index (χ0) is 18.6. The molecule has 1 fully saturated rings. The summed E-state index contributed by atoms with van der Waals surface area (Å²) in [6.45, 7) is 5.79. The normalized spacial score (nSPS) is 16.5. The predicted molar refractivity (Wildman–Crippen MR) is 89.9 cm³/mol. The Morgan fingerprint density at radius 3 is 2.73 bits per heavy atom. The van der Waals surface area contributed by atoms with Gasteiger partial charge in [-0.3, -0.25) is 4.68 Å². The van der Waals surface area contributed by atoms with Gasteiger partial charge in [0.05, 0.1) is 25.0 Å². The molecular weight excluding hydrogens is 349 g/mol. The summed E-state index contributed by atoms with van der Waals surface area (Å²) in [4.78, 5) is 10.6. The van der Waals surface area contributed by atoms with Crippen LogP contribution in [0.25, 0.3) is 0 Å². The van der Waals surface area contributed by atoms with E-state index in [0.29, 0.717) is 32.1 Å². The van der Waals surface area contributed by atoms with Crippen LogP contribution in [0.4, 0.5) is 24.8 Å². The van der Waals surface area contributed by atoms with Crippen molar-refractivity contribution >= 4 is 11.6 Å². The molecule has 7 nitrogen and oxygen atoms in total. The van der Waals surface area contributed by atoms with Crippen LogP contribution in [-0.2, 0) is 17.5 Å². The lowest BCUT2D eigenvalue weighted by molar-refractivity contribution is -0.137. The first-order chi connectivity index (χ1) is 12.4. The van der Waals surface area contributed by atoms with Gasteiger partial charge in [0, 0.05) is 38.4 Å². The van der Waals surface area contributed by atoms with Crippen molar-refractivity contribution in [2.45, 2.75) is 19.6 Å². The molecule has 0 spiro atoms. The fourth-order valence-corrected chi connectivity index (χ4v) is 2.68. The number of halogens is 3. The van der Waals surface area contributed by atoms with Crippen molar-refractivity contribution in [3.05, 3.63) is 30.4 Å². The molecule has 26 heavy (non-hydrogen) atoms. The van der Waals surface area contributed by atoms with E-state index in [-0.39, 0.29) is 5.92 Å². The zero-order valence-electron chi connectivity index (χ0n) is 14.4. The van der Waals surface area contributed by atoms with Crippen LogP contribution in [-0.4, -0.2) is 52.6 Å². The topological polar surface area (TPSA) is 68.1 Å². The fourth-order valence-electron chi connectivity index (χ4n) is 2.68. The quantitative estimate of drug-likeness (QED) is 0.842. The second-order valence-electron chi connectivity index (χ2n) is 6.30. The van der Waals surface area contributed by atoms with Gasteiger partial charge in [-0.25, -0.2) is 9.97 Å². The molecule has 0 aliphatic carbocycles. The third-order valence-electron chi connectivity index (χ3n) is 4.08. The minimum Gasteiger partial charge on any atom is -0.378 e. The number of nitrogens with one attached hydrogen (secondary N) is 1. The highest BCUT2D eigenvalue weighted by molar-refractivity contribution is 5.48. The molecule has 0 amide bonds.